The van der Waals surface area contributed by atoms with Crippen molar-refractivity contribution < 1.29 is 0 Å². The molecule has 0 radical (unpaired) electrons. The minimum Gasteiger partial charge on any atom is -0.309 e. The summed E-state index contributed by atoms with van der Waals surface area (Å²) in [5.74, 6) is 0.687. The number of benzene rings is 1. The first-order valence-electron chi connectivity index (χ1n) is 7.19. The Balaban J connectivity index is 1.65. The van der Waals surface area contributed by atoms with E-state index in [0.29, 0.717) is 12.0 Å². The summed E-state index contributed by atoms with van der Waals surface area (Å²) in [5, 5.41) is 5.86. The van der Waals surface area contributed by atoms with Crippen molar-refractivity contribution in [3.63, 3.8) is 0 Å². The van der Waals surface area contributed by atoms with Gasteiger partial charge in [-0.2, -0.15) is 0 Å². The molecule has 1 unspecified atom stereocenters. The normalized spacial score (nSPS) is 19.9. The van der Waals surface area contributed by atoms with E-state index in [9.17, 15) is 0 Å². The first-order valence-corrected chi connectivity index (χ1v) is 8.07. The molecule has 1 aromatic carbocycles. The summed E-state index contributed by atoms with van der Waals surface area (Å²) in [4.78, 5) is 1.43. The van der Waals surface area contributed by atoms with Crippen molar-refractivity contribution in [2.75, 3.05) is 6.54 Å². The van der Waals surface area contributed by atoms with Gasteiger partial charge in [-0.15, -0.1) is 11.3 Å². The van der Waals surface area contributed by atoms with Crippen LogP contribution in [0.3, 0.4) is 0 Å². The highest BCUT2D eigenvalue weighted by molar-refractivity contribution is 7.10. The molecule has 2 atom stereocenters. The van der Waals surface area contributed by atoms with Gasteiger partial charge in [0.2, 0.25) is 0 Å². The van der Waals surface area contributed by atoms with Crippen LogP contribution < -0.4 is 5.32 Å². The zero-order valence-electron chi connectivity index (χ0n) is 11.4. The van der Waals surface area contributed by atoms with Crippen molar-refractivity contribution in [1.29, 1.82) is 0 Å². The average Bonchev–Trinajstić information content (AvgIpc) is 2.99. The molecule has 2 aromatic rings. The molecule has 2 heteroatoms. The van der Waals surface area contributed by atoms with E-state index in [-0.39, 0.29) is 0 Å². The molecule has 0 saturated carbocycles. The van der Waals surface area contributed by atoms with E-state index in [0.717, 1.165) is 6.54 Å². The minimum atomic E-state index is 0.467. The van der Waals surface area contributed by atoms with E-state index in [2.05, 4.69) is 54.0 Å². The molecule has 1 N–H and O–H groups in total. The van der Waals surface area contributed by atoms with Gasteiger partial charge in [0, 0.05) is 17.5 Å². The minimum absolute atomic E-state index is 0.467. The van der Waals surface area contributed by atoms with E-state index < -0.39 is 0 Å². The van der Waals surface area contributed by atoms with E-state index in [1.165, 1.54) is 24.1 Å². The molecule has 0 aliphatic heterocycles. The molecule has 0 bridgehead atoms. The van der Waals surface area contributed by atoms with Gasteiger partial charge in [0.05, 0.1) is 0 Å². The Kier molecular flexibility index (Phi) is 4.00. The van der Waals surface area contributed by atoms with Gasteiger partial charge in [0.1, 0.15) is 0 Å². The van der Waals surface area contributed by atoms with Gasteiger partial charge in [-0.25, -0.2) is 0 Å². The Labute approximate surface area is 119 Å². The summed E-state index contributed by atoms with van der Waals surface area (Å²) in [6, 6.07) is 13.8. The molecule has 19 heavy (non-hydrogen) atoms. The molecule has 100 valence electrons. The Morgan fingerprint density at radius 1 is 1.26 bits per heavy atom. The third kappa shape index (κ3) is 2.90. The van der Waals surface area contributed by atoms with Crippen molar-refractivity contribution in [3.8, 4) is 0 Å². The van der Waals surface area contributed by atoms with Gasteiger partial charge in [-0.3, -0.25) is 0 Å². The number of hydrogen-bond acceptors (Lipinski definition) is 2. The largest absolute Gasteiger partial charge is 0.309 e. The molecule has 3 rings (SSSR count). The molecule has 1 aromatic heterocycles. The second-order valence-electron chi connectivity index (χ2n) is 5.43. The fourth-order valence-corrected chi connectivity index (χ4v) is 3.78. The summed E-state index contributed by atoms with van der Waals surface area (Å²) < 4.78 is 0. The van der Waals surface area contributed by atoms with Gasteiger partial charge in [0.25, 0.3) is 0 Å². The van der Waals surface area contributed by atoms with Crippen LogP contribution in [0.4, 0.5) is 0 Å². The number of aryl methyl sites for hydroxylation is 1. The topological polar surface area (TPSA) is 12.0 Å². The van der Waals surface area contributed by atoms with E-state index in [1.807, 2.05) is 11.3 Å². The highest BCUT2D eigenvalue weighted by Gasteiger charge is 2.20. The third-order valence-corrected chi connectivity index (χ3v) is 5.19. The van der Waals surface area contributed by atoms with E-state index in [1.54, 1.807) is 11.1 Å². The lowest BCUT2D eigenvalue weighted by Gasteiger charge is -2.27. The fraction of sp³-hybridized carbons (Fsp3) is 0.412. The standard InChI is InChI=1S/C17H21NS/c1-13(17-10-5-11-19-17)18-12-15-8-4-7-14-6-2-3-9-16(14)15/h2-3,5-6,9-11,13,15,18H,4,7-8,12H2,1H3/t13-,15?/m1/s1. The molecule has 0 spiro atoms. The molecule has 1 nitrogen and oxygen atoms in total. The highest BCUT2D eigenvalue weighted by atomic mass is 32.1. The molecular weight excluding hydrogens is 250 g/mol. The van der Waals surface area contributed by atoms with Crippen LogP contribution in [0, 0.1) is 0 Å². The Morgan fingerprint density at radius 2 is 2.16 bits per heavy atom. The van der Waals surface area contributed by atoms with Crippen molar-refractivity contribution in [2.24, 2.45) is 0 Å². The van der Waals surface area contributed by atoms with Crippen molar-refractivity contribution >= 4 is 11.3 Å². The molecule has 0 amide bonds. The van der Waals surface area contributed by atoms with Gasteiger partial charge in [-0.1, -0.05) is 30.3 Å². The average molecular weight is 271 g/mol. The number of thiophene rings is 1. The maximum absolute atomic E-state index is 3.71. The number of hydrogen-bond donors (Lipinski definition) is 1. The van der Waals surface area contributed by atoms with Gasteiger partial charge >= 0.3 is 0 Å². The molecule has 1 aliphatic carbocycles. The quantitative estimate of drug-likeness (QED) is 0.862. The molecule has 1 heterocycles. The van der Waals surface area contributed by atoms with Crippen LogP contribution in [0.2, 0.25) is 0 Å². The fourth-order valence-electron chi connectivity index (χ4n) is 3.02. The van der Waals surface area contributed by atoms with Crippen molar-refractivity contribution in [3.05, 3.63) is 57.8 Å². The maximum Gasteiger partial charge on any atom is 0.0386 e. The van der Waals surface area contributed by atoms with Gasteiger partial charge in [-0.05, 0) is 54.7 Å². The van der Waals surface area contributed by atoms with Crippen LogP contribution in [-0.4, -0.2) is 6.54 Å². The molecule has 1 aliphatic rings. The first-order chi connectivity index (χ1) is 9.34. The maximum atomic E-state index is 3.71. The third-order valence-electron chi connectivity index (χ3n) is 4.13. The molecular formula is C17H21NS. The predicted molar refractivity (Wildman–Crippen MR) is 82.9 cm³/mol. The lowest BCUT2D eigenvalue weighted by atomic mass is 9.83. The van der Waals surface area contributed by atoms with Crippen LogP contribution in [0.1, 0.15) is 47.7 Å². The summed E-state index contributed by atoms with van der Waals surface area (Å²) in [7, 11) is 0. The second kappa shape index (κ2) is 5.89. The monoisotopic (exact) mass is 271 g/mol. The zero-order chi connectivity index (χ0) is 13.1. The lowest BCUT2D eigenvalue weighted by molar-refractivity contribution is 0.476. The van der Waals surface area contributed by atoms with E-state index in [4.69, 9.17) is 0 Å². The van der Waals surface area contributed by atoms with Crippen LogP contribution in [0.15, 0.2) is 41.8 Å². The first kappa shape index (κ1) is 12.9. The SMILES string of the molecule is C[C@@H](NCC1CCCc2ccccc21)c1cccs1. The number of nitrogens with one attached hydrogen (secondary N) is 1. The summed E-state index contributed by atoms with van der Waals surface area (Å²) in [5.41, 5.74) is 3.13. The summed E-state index contributed by atoms with van der Waals surface area (Å²) >= 11 is 1.84. The lowest BCUT2D eigenvalue weighted by Crippen LogP contribution is -2.26. The highest BCUT2D eigenvalue weighted by Crippen LogP contribution is 2.31. The number of fused-ring (bicyclic) bond motifs is 1. The Hall–Kier alpha value is -1.12. The van der Waals surface area contributed by atoms with Crippen LogP contribution in [0.5, 0.6) is 0 Å². The molecule has 0 fully saturated rings. The van der Waals surface area contributed by atoms with Crippen LogP contribution in [0.25, 0.3) is 0 Å². The van der Waals surface area contributed by atoms with E-state index >= 15 is 0 Å². The second-order valence-corrected chi connectivity index (χ2v) is 6.41. The van der Waals surface area contributed by atoms with Gasteiger partial charge in [0.15, 0.2) is 0 Å². The number of rotatable bonds is 4. The Morgan fingerprint density at radius 3 is 3.00 bits per heavy atom. The smallest absolute Gasteiger partial charge is 0.0386 e. The predicted octanol–water partition coefficient (Wildman–Crippen LogP) is 4.52. The summed E-state index contributed by atoms with van der Waals surface area (Å²) in [6.45, 7) is 3.36. The van der Waals surface area contributed by atoms with Crippen molar-refractivity contribution in [1.82, 2.24) is 5.32 Å². The van der Waals surface area contributed by atoms with Crippen LogP contribution in [-0.2, 0) is 6.42 Å². The van der Waals surface area contributed by atoms with Gasteiger partial charge < -0.3 is 5.32 Å². The van der Waals surface area contributed by atoms with Crippen LogP contribution >= 0.6 is 11.3 Å². The van der Waals surface area contributed by atoms with Crippen molar-refractivity contribution in [2.45, 2.75) is 38.1 Å². The summed E-state index contributed by atoms with van der Waals surface area (Å²) in [6.07, 6.45) is 3.91. The Bertz CT molecular complexity index is 518. The molecule has 0 saturated heterocycles. The zero-order valence-corrected chi connectivity index (χ0v) is 12.2.